The van der Waals surface area contributed by atoms with E-state index < -0.39 is 0 Å². The molecule has 5 heteroatoms. The molecule has 1 aliphatic carbocycles. The molecule has 2 amide bonds. The molecular weight excluding hydrogens is 292 g/mol. The summed E-state index contributed by atoms with van der Waals surface area (Å²) < 4.78 is 5.10. The van der Waals surface area contributed by atoms with Crippen LogP contribution in [0.25, 0.3) is 0 Å². The zero-order chi connectivity index (χ0) is 16.4. The predicted octanol–water partition coefficient (Wildman–Crippen LogP) is 2.00. The fraction of sp³-hybridized carbons (Fsp3) is 0.556. The summed E-state index contributed by atoms with van der Waals surface area (Å²) in [6.07, 6.45) is 3.69. The van der Waals surface area contributed by atoms with Crippen molar-refractivity contribution in [3.63, 3.8) is 0 Å². The Morgan fingerprint density at radius 1 is 1.39 bits per heavy atom. The van der Waals surface area contributed by atoms with Crippen LogP contribution in [0.15, 0.2) is 18.2 Å². The van der Waals surface area contributed by atoms with E-state index in [0.717, 1.165) is 18.5 Å². The summed E-state index contributed by atoms with van der Waals surface area (Å²) in [4.78, 5) is 26.3. The van der Waals surface area contributed by atoms with Crippen molar-refractivity contribution < 1.29 is 14.3 Å². The van der Waals surface area contributed by atoms with Crippen LogP contribution in [-0.4, -0.2) is 43.0 Å². The largest absolute Gasteiger partial charge is 0.383 e. The third-order valence-corrected chi connectivity index (χ3v) is 4.84. The van der Waals surface area contributed by atoms with E-state index in [9.17, 15) is 9.59 Å². The van der Waals surface area contributed by atoms with Crippen molar-refractivity contribution in [3.8, 4) is 0 Å². The van der Waals surface area contributed by atoms with Gasteiger partial charge in [0.25, 0.3) is 0 Å². The number of ether oxygens (including phenoxy) is 1. The summed E-state index contributed by atoms with van der Waals surface area (Å²) in [5.41, 5.74) is 3.56. The molecule has 0 radical (unpaired) electrons. The highest BCUT2D eigenvalue weighted by atomic mass is 16.5. The van der Waals surface area contributed by atoms with Gasteiger partial charge in [-0.15, -0.1) is 0 Å². The number of nitrogens with one attached hydrogen (secondary N) is 1. The molecule has 1 aromatic rings. The van der Waals surface area contributed by atoms with Gasteiger partial charge in [-0.1, -0.05) is 6.07 Å². The highest BCUT2D eigenvalue weighted by molar-refractivity contribution is 5.97. The lowest BCUT2D eigenvalue weighted by Crippen LogP contribution is -2.38. The maximum absolute atomic E-state index is 12.5. The van der Waals surface area contributed by atoms with Crippen LogP contribution in [0.1, 0.15) is 30.9 Å². The lowest BCUT2D eigenvalue weighted by atomic mass is 10.1. The quantitative estimate of drug-likeness (QED) is 0.904. The first kappa shape index (κ1) is 16.0. The summed E-state index contributed by atoms with van der Waals surface area (Å²) in [7, 11) is 1.62. The van der Waals surface area contributed by atoms with Gasteiger partial charge in [-0.05, 0) is 49.4 Å². The third kappa shape index (κ3) is 3.39. The van der Waals surface area contributed by atoms with E-state index in [0.29, 0.717) is 13.2 Å². The second-order valence-corrected chi connectivity index (χ2v) is 6.58. The molecular formula is C18H24N2O3. The molecule has 3 rings (SSSR count). The number of hydrogen-bond donors (Lipinski definition) is 1. The summed E-state index contributed by atoms with van der Waals surface area (Å²) in [6, 6.07) is 6.14. The topological polar surface area (TPSA) is 58.6 Å². The minimum atomic E-state index is -0.282. The minimum absolute atomic E-state index is 0.00490. The SMILES string of the molecule is COC[C@H](C)N1C[C@@H](C(=O)Nc2ccc3c(c2)CCC3)CC1=O. The smallest absolute Gasteiger partial charge is 0.229 e. The number of aryl methyl sites for hydroxylation is 2. The molecule has 0 saturated carbocycles. The molecule has 2 atom stereocenters. The maximum Gasteiger partial charge on any atom is 0.229 e. The average Bonchev–Trinajstić information content (AvgIpc) is 3.13. The summed E-state index contributed by atoms with van der Waals surface area (Å²) in [6.45, 7) is 2.91. The van der Waals surface area contributed by atoms with E-state index in [-0.39, 0.29) is 30.2 Å². The van der Waals surface area contributed by atoms with Crippen LogP contribution < -0.4 is 5.32 Å². The predicted molar refractivity (Wildman–Crippen MR) is 88.3 cm³/mol. The van der Waals surface area contributed by atoms with E-state index in [2.05, 4.69) is 17.4 Å². The van der Waals surface area contributed by atoms with E-state index in [4.69, 9.17) is 4.74 Å². The number of hydrogen-bond acceptors (Lipinski definition) is 3. The fourth-order valence-electron chi connectivity index (χ4n) is 3.56. The second kappa shape index (κ2) is 6.71. The Bertz CT molecular complexity index is 614. The van der Waals surface area contributed by atoms with Gasteiger partial charge in [0.2, 0.25) is 11.8 Å². The number of fused-ring (bicyclic) bond motifs is 1. The van der Waals surface area contributed by atoms with Crippen molar-refractivity contribution in [3.05, 3.63) is 29.3 Å². The number of rotatable bonds is 5. The number of likely N-dealkylation sites (tertiary alicyclic amines) is 1. The number of carbonyl (C=O) groups is 2. The van der Waals surface area contributed by atoms with Crippen LogP contribution in [0.3, 0.4) is 0 Å². The van der Waals surface area contributed by atoms with Crippen LogP contribution >= 0.6 is 0 Å². The number of benzene rings is 1. The highest BCUT2D eigenvalue weighted by Crippen LogP contribution is 2.26. The van der Waals surface area contributed by atoms with Crippen LogP contribution in [0.5, 0.6) is 0 Å². The van der Waals surface area contributed by atoms with Crippen molar-refractivity contribution in [1.29, 1.82) is 0 Å². The molecule has 23 heavy (non-hydrogen) atoms. The van der Waals surface area contributed by atoms with Crippen LogP contribution in [0.2, 0.25) is 0 Å². The minimum Gasteiger partial charge on any atom is -0.383 e. The van der Waals surface area contributed by atoms with Crippen molar-refractivity contribution in [2.75, 3.05) is 25.6 Å². The van der Waals surface area contributed by atoms with E-state index >= 15 is 0 Å². The molecule has 1 aromatic carbocycles. The molecule has 0 spiro atoms. The Morgan fingerprint density at radius 3 is 2.96 bits per heavy atom. The lowest BCUT2D eigenvalue weighted by Gasteiger charge is -2.23. The number of anilines is 1. The zero-order valence-corrected chi connectivity index (χ0v) is 13.8. The van der Waals surface area contributed by atoms with Crippen LogP contribution in [0.4, 0.5) is 5.69 Å². The Morgan fingerprint density at radius 2 is 2.17 bits per heavy atom. The Balaban J connectivity index is 1.62. The summed E-state index contributed by atoms with van der Waals surface area (Å²) in [5.74, 6) is -0.317. The van der Waals surface area contributed by atoms with E-state index in [1.54, 1.807) is 12.0 Å². The number of carbonyl (C=O) groups excluding carboxylic acids is 2. The van der Waals surface area contributed by atoms with Gasteiger partial charge >= 0.3 is 0 Å². The second-order valence-electron chi connectivity index (χ2n) is 6.58. The first-order chi connectivity index (χ1) is 11.1. The number of nitrogens with zero attached hydrogens (tertiary/aromatic N) is 1. The fourth-order valence-corrected chi connectivity index (χ4v) is 3.56. The van der Waals surface area contributed by atoms with Crippen molar-refractivity contribution in [1.82, 2.24) is 4.90 Å². The molecule has 1 heterocycles. The van der Waals surface area contributed by atoms with Crippen LogP contribution in [0, 0.1) is 5.92 Å². The highest BCUT2D eigenvalue weighted by Gasteiger charge is 2.36. The molecule has 0 unspecified atom stereocenters. The van der Waals surface area contributed by atoms with Gasteiger partial charge in [-0.2, -0.15) is 0 Å². The number of methoxy groups -OCH3 is 1. The normalized spacial score (nSPS) is 21.4. The molecule has 124 valence electrons. The van der Waals surface area contributed by atoms with Gasteiger partial charge in [-0.3, -0.25) is 9.59 Å². The standard InChI is InChI=1S/C18H24N2O3/c1-12(11-23-2)20-10-15(9-17(20)21)18(22)19-16-7-6-13-4-3-5-14(13)8-16/h6-8,12,15H,3-5,9-11H2,1-2H3,(H,19,22)/t12-,15-/m0/s1. The monoisotopic (exact) mass is 316 g/mol. The van der Waals surface area contributed by atoms with Crippen molar-refractivity contribution in [2.45, 2.75) is 38.6 Å². The van der Waals surface area contributed by atoms with Gasteiger partial charge in [0.15, 0.2) is 0 Å². The van der Waals surface area contributed by atoms with Gasteiger partial charge in [0, 0.05) is 25.8 Å². The van der Waals surface area contributed by atoms with E-state index in [1.165, 1.54) is 17.5 Å². The Kier molecular flexibility index (Phi) is 4.66. The zero-order valence-electron chi connectivity index (χ0n) is 13.8. The third-order valence-electron chi connectivity index (χ3n) is 4.84. The molecule has 1 fully saturated rings. The summed E-state index contributed by atoms with van der Waals surface area (Å²) >= 11 is 0. The molecule has 0 bridgehead atoms. The van der Waals surface area contributed by atoms with Crippen molar-refractivity contribution >= 4 is 17.5 Å². The molecule has 0 aromatic heterocycles. The number of amides is 2. The van der Waals surface area contributed by atoms with Crippen LogP contribution in [-0.2, 0) is 27.2 Å². The van der Waals surface area contributed by atoms with E-state index in [1.807, 2.05) is 13.0 Å². The molecule has 1 N–H and O–H groups in total. The summed E-state index contributed by atoms with van der Waals surface area (Å²) in [5, 5.41) is 2.98. The average molecular weight is 316 g/mol. The molecule has 2 aliphatic rings. The lowest BCUT2D eigenvalue weighted by molar-refractivity contribution is -0.130. The van der Waals surface area contributed by atoms with Gasteiger partial charge in [0.05, 0.1) is 18.6 Å². The Hall–Kier alpha value is -1.88. The van der Waals surface area contributed by atoms with Gasteiger partial charge < -0.3 is 15.0 Å². The first-order valence-corrected chi connectivity index (χ1v) is 8.29. The van der Waals surface area contributed by atoms with Gasteiger partial charge in [-0.25, -0.2) is 0 Å². The molecule has 1 saturated heterocycles. The Labute approximate surface area is 137 Å². The molecule has 5 nitrogen and oxygen atoms in total. The maximum atomic E-state index is 12.5. The first-order valence-electron chi connectivity index (χ1n) is 8.29. The molecule has 1 aliphatic heterocycles. The van der Waals surface area contributed by atoms with Gasteiger partial charge in [0.1, 0.15) is 0 Å². The van der Waals surface area contributed by atoms with Crippen molar-refractivity contribution in [2.24, 2.45) is 5.92 Å².